The molecule has 3 aromatic rings. The van der Waals surface area contributed by atoms with E-state index in [1.54, 1.807) is 71.9 Å². The van der Waals surface area contributed by atoms with Gasteiger partial charge in [0.2, 0.25) is 0 Å². The molecule has 146 valence electrons. The third kappa shape index (κ3) is 3.59. The van der Waals surface area contributed by atoms with Crippen molar-refractivity contribution in [2.75, 3.05) is 0 Å². The summed E-state index contributed by atoms with van der Waals surface area (Å²) >= 11 is 12.5. The van der Waals surface area contributed by atoms with Gasteiger partial charge in [0.05, 0.1) is 6.04 Å². The van der Waals surface area contributed by atoms with Gasteiger partial charge in [0.15, 0.2) is 0 Å². The molecule has 0 saturated heterocycles. The molecule has 0 aliphatic carbocycles. The molecule has 0 fully saturated rings. The number of amides is 1. The molecule has 0 spiro atoms. The van der Waals surface area contributed by atoms with Gasteiger partial charge in [0.1, 0.15) is 5.92 Å². The molecule has 0 saturated carbocycles. The van der Waals surface area contributed by atoms with Gasteiger partial charge < -0.3 is 10.0 Å². The average molecular weight is 427 g/mol. The highest BCUT2D eigenvalue weighted by molar-refractivity contribution is 6.35. The number of aromatic nitrogens is 1. The van der Waals surface area contributed by atoms with Crippen LogP contribution in [-0.2, 0) is 11.3 Å². The van der Waals surface area contributed by atoms with E-state index in [1.165, 1.54) is 0 Å². The number of hydrogen-bond acceptors (Lipinski definition) is 3. The van der Waals surface area contributed by atoms with E-state index in [2.05, 4.69) is 4.98 Å². The number of hydrogen-bond donors (Lipinski definition) is 1. The number of carboxylic acids is 1. The number of carbonyl (C=O) groups is 2. The Morgan fingerprint density at radius 3 is 2.45 bits per heavy atom. The molecule has 1 aliphatic rings. The Labute approximate surface area is 177 Å². The van der Waals surface area contributed by atoms with Crippen LogP contribution in [0, 0.1) is 0 Å². The van der Waals surface area contributed by atoms with Crippen LogP contribution in [0.5, 0.6) is 0 Å². The van der Waals surface area contributed by atoms with Crippen LogP contribution in [0.15, 0.2) is 67.0 Å². The van der Waals surface area contributed by atoms with Crippen molar-refractivity contribution >= 4 is 35.1 Å². The minimum Gasteiger partial charge on any atom is -0.481 e. The minimum absolute atomic E-state index is 0.225. The monoisotopic (exact) mass is 426 g/mol. The number of rotatable bonds is 4. The molecule has 7 heteroatoms. The van der Waals surface area contributed by atoms with E-state index in [1.807, 2.05) is 0 Å². The fourth-order valence-corrected chi connectivity index (χ4v) is 4.33. The largest absolute Gasteiger partial charge is 0.481 e. The third-order valence-corrected chi connectivity index (χ3v) is 5.65. The van der Waals surface area contributed by atoms with Crippen LogP contribution in [-0.4, -0.2) is 26.9 Å². The van der Waals surface area contributed by atoms with Gasteiger partial charge in [-0.2, -0.15) is 0 Å². The van der Waals surface area contributed by atoms with Gasteiger partial charge in [-0.15, -0.1) is 0 Å². The highest BCUT2D eigenvalue weighted by Crippen LogP contribution is 2.45. The molecule has 1 amide bonds. The summed E-state index contributed by atoms with van der Waals surface area (Å²) in [4.78, 5) is 31.3. The Hall–Kier alpha value is -2.89. The lowest BCUT2D eigenvalue weighted by molar-refractivity contribution is -0.140. The van der Waals surface area contributed by atoms with Crippen molar-refractivity contribution in [2.24, 2.45) is 0 Å². The summed E-state index contributed by atoms with van der Waals surface area (Å²) < 4.78 is 0. The van der Waals surface area contributed by atoms with Crippen molar-refractivity contribution in [1.29, 1.82) is 0 Å². The highest BCUT2D eigenvalue weighted by Gasteiger charge is 2.44. The van der Waals surface area contributed by atoms with Crippen LogP contribution in [0.3, 0.4) is 0 Å². The first-order valence-electron chi connectivity index (χ1n) is 8.94. The zero-order valence-corrected chi connectivity index (χ0v) is 16.6. The summed E-state index contributed by atoms with van der Waals surface area (Å²) in [7, 11) is 0. The number of aliphatic carboxylic acids is 1. The van der Waals surface area contributed by atoms with Gasteiger partial charge >= 0.3 is 5.97 Å². The number of benzene rings is 2. The molecule has 1 N–H and O–H groups in total. The number of carbonyl (C=O) groups excluding carboxylic acids is 1. The Kier molecular flexibility index (Phi) is 5.26. The lowest BCUT2D eigenvalue weighted by Gasteiger charge is -2.41. The maximum atomic E-state index is 13.4. The number of fused-ring (bicyclic) bond motifs is 1. The summed E-state index contributed by atoms with van der Waals surface area (Å²) in [5, 5.41) is 10.9. The predicted octanol–water partition coefficient (Wildman–Crippen LogP) is 4.95. The molecule has 0 radical (unpaired) electrons. The molecule has 2 aromatic carbocycles. The van der Waals surface area contributed by atoms with Gasteiger partial charge in [0, 0.05) is 34.5 Å². The summed E-state index contributed by atoms with van der Waals surface area (Å²) in [5.41, 5.74) is 2.25. The van der Waals surface area contributed by atoms with Crippen LogP contribution in [0.2, 0.25) is 10.0 Å². The lowest BCUT2D eigenvalue weighted by atomic mass is 9.79. The second kappa shape index (κ2) is 7.85. The summed E-state index contributed by atoms with van der Waals surface area (Å²) in [6.07, 6.45) is 3.27. The van der Waals surface area contributed by atoms with Crippen LogP contribution >= 0.6 is 23.2 Å². The standard InChI is InChI=1S/C22H16Cl2N2O3/c23-14-5-6-17(18(24)11-14)20-19(22(28)29)15-3-1-2-4-16(15)21(27)26(20)12-13-7-9-25-10-8-13/h1-11,19-20H,12H2,(H,28,29). The third-order valence-electron chi connectivity index (χ3n) is 5.09. The molecule has 2 unspecified atom stereocenters. The van der Waals surface area contributed by atoms with E-state index in [0.717, 1.165) is 5.56 Å². The van der Waals surface area contributed by atoms with Gasteiger partial charge in [-0.25, -0.2) is 0 Å². The minimum atomic E-state index is -1.03. The van der Waals surface area contributed by atoms with Gasteiger partial charge in [-0.05, 0) is 47.0 Å². The van der Waals surface area contributed by atoms with Crippen molar-refractivity contribution in [3.63, 3.8) is 0 Å². The van der Waals surface area contributed by atoms with Crippen LogP contribution in [0.1, 0.15) is 39.0 Å². The molecule has 1 aromatic heterocycles. The Bertz CT molecular complexity index is 1090. The van der Waals surface area contributed by atoms with Crippen LogP contribution in [0.4, 0.5) is 0 Å². The summed E-state index contributed by atoms with van der Waals surface area (Å²) in [6.45, 7) is 0.225. The molecular weight excluding hydrogens is 411 g/mol. The summed E-state index contributed by atoms with van der Waals surface area (Å²) in [5.74, 6) is -2.24. The fraction of sp³-hybridized carbons (Fsp3) is 0.136. The second-order valence-electron chi connectivity index (χ2n) is 6.80. The Balaban J connectivity index is 1.92. The van der Waals surface area contributed by atoms with E-state index < -0.39 is 17.9 Å². The zero-order chi connectivity index (χ0) is 20.5. The van der Waals surface area contributed by atoms with E-state index in [0.29, 0.717) is 26.7 Å². The summed E-state index contributed by atoms with van der Waals surface area (Å²) in [6, 6.07) is 14.5. The van der Waals surface area contributed by atoms with Crippen LogP contribution < -0.4 is 0 Å². The maximum Gasteiger partial charge on any atom is 0.313 e. The first kappa shape index (κ1) is 19.4. The van der Waals surface area contributed by atoms with Gasteiger partial charge in [-0.3, -0.25) is 14.6 Å². The number of carboxylic acid groups (broad SMARTS) is 1. The molecule has 1 aliphatic heterocycles. The SMILES string of the molecule is O=C(O)C1c2ccccc2C(=O)N(Cc2ccncc2)C1c1ccc(Cl)cc1Cl. The molecule has 29 heavy (non-hydrogen) atoms. The lowest BCUT2D eigenvalue weighted by Crippen LogP contribution is -2.44. The first-order valence-corrected chi connectivity index (χ1v) is 9.69. The van der Waals surface area contributed by atoms with Crippen LogP contribution in [0.25, 0.3) is 0 Å². The normalized spacial score (nSPS) is 18.4. The van der Waals surface area contributed by atoms with Crippen molar-refractivity contribution in [1.82, 2.24) is 9.88 Å². The average Bonchev–Trinajstić information content (AvgIpc) is 2.71. The smallest absolute Gasteiger partial charge is 0.313 e. The van der Waals surface area contributed by atoms with Crippen molar-refractivity contribution < 1.29 is 14.7 Å². The molecular formula is C22H16Cl2N2O3. The zero-order valence-electron chi connectivity index (χ0n) is 15.1. The Morgan fingerprint density at radius 2 is 1.76 bits per heavy atom. The highest BCUT2D eigenvalue weighted by atomic mass is 35.5. The fourth-order valence-electron chi connectivity index (χ4n) is 3.81. The quantitative estimate of drug-likeness (QED) is 0.640. The molecule has 4 rings (SSSR count). The molecule has 2 atom stereocenters. The maximum absolute atomic E-state index is 13.4. The van der Waals surface area contributed by atoms with Crippen molar-refractivity contribution in [2.45, 2.75) is 18.5 Å². The first-order chi connectivity index (χ1) is 14.0. The van der Waals surface area contributed by atoms with E-state index in [9.17, 15) is 14.7 Å². The van der Waals surface area contributed by atoms with Gasteiger partial charge in [0.25, 0.3) is 5.91 Å². The van der Waals surface area contributed by atoms with E-state index >= 15 is 0 Å². The Morgan fingerprint density at radius 1 is 1.03 bits per heavy atom. The molecule has 0 bridgehead atoms. The van der Waals surface area contributed by atoms with Crippen molar-refractivity contribution in [3.8, 4) is 0 Å². The molecule has 5 nitrogen and oxygen atoms in total. The van der Waals surface area contributed by atoms with E-state index in [-0.39, 0.29) is 12.5 Å². The van der Waals surface area contributed by atoms with E-state index in [4.69, 9.17) is 23.2 Å². The predicted molar refractivity (Wildman–Crippen MR) is 110 cm³/mol. The van der Waals surface area contributed by atoms with Crippen molar-refractivity contribution in [3.05, 3.63) is 99.3 Å². The topological polar surface area (TPSA) is 70.5 Å². The van der Waals surface area contributed by atoms with Gasteiger partial charge in [-0.1, -0.05) is 47.5 Å². The number of halogens is 2. The number of pyridine rings is 1. The molecule has 2 heterocycles. The second-order valence-corrected chi connectivity index (χ2v) is 7.65. The number of nitrogens with zero attached hydrogens (tertiary/aromatic N) is 2.